The van der Waals surface area contributed by atoms with Crippen molar-refractivity contribution in [2.24, 2.45) is 10.7 Å². The van der Waals surface area contributed by atoms with Crippen molar-refractivity contribution in [3.8, 4) is 0 Å². The number of rotatable bonds is 7. The minimum Gasteiger partial charge on any atom is -0.370 e. The van der Waals surface area contributed by atoms with Crippen LogP contribution in [0.25, 0.3) is 0 Å². The van der Waals surface area contributed by atoms with Crippen molar-refractivity contribution in [3.63, 3.8) is 0 Å². The van der Waals surface area contributed by atoms with E-state index in [0.29, 0.717) is 18.5 Å². The standard InChI is InChI=1S/C18H30FN5/c1-4-24-10-6-9-16(24)12-21-18(20)22-13-17(23(2)3)14-7-5-8-15(19)11-14/h5,7-8,11,16-17H,4,6,9-10,12-13H2,1-3H3,(H3,20,21,22). The van der Waals surface area contributed by atoms with Gasteiger partial charge >= 0.3 is 0 Å². The number of hydrogen-bond acceptors (Lipinski definition) is 3. The molecule has 1 aliphatic heterocycles. The first kappa shape index (κ1) is 18.7. The third kappa shape index (κ3) is 5.18. The fraction of sp³-hybridized carbons (Fsp3) is 0.611. The molecule has 1 fully saturated rings. The molecular weight excluding hydrogens is 305 g/mol. The molecule has 2 rings (SSSR count). The van der Waals surface area contributed by atoms with Gasteiger partial charge in [0.2, 0.25) is 0 Å². The van der Waals surface area contributed by atoms with E-state index in [1.54, 1.807) is 12.1 Å². The molecule has 0 spiro atoms. The highest BCUT2D eigenvalue weighted by Crippen LogP contribution is 2.19. The molecule has 0 bridgehead atoms. The summed E-state index contributed by atoms with van der Waals surface area (Å²) >= 11 is 0. The molecule has 0 aliphatic carbocycles. The number of benzene rings is 1. The average molecular weight is 335 g/mol. The van der Waals surface area contributed by atoms with Gasteiger partial charge in [0.1, 0.15) is 5.82 Å². The molecule has 6 heteroatoms. The summed E-state index contributed by atoms with van der Waals surface area (Å²) in [6.45, 7) is 5.76. The quantitative estimate of drug-likeness (QED) is 0.589. The van der Waals surface area contributed by atoms with Crippen LogP contribution in [0.2, 0.25) is 0 Å². The third-order valence-corrected chi connectivity index (χ3v) is 4.72. The SMILES string of the molecule is CCN1CCCC1CNC(N)=NCC(c1cccc(F)c1)N(C)C. The van der Waals surface area contributed by atoms with Gasteiger partial charge in [0.05, 0.1) is 12.6 Å². The van der Waals surface area contributed by atoms with Crippen molar-refractivity contribution >= 4 is 5.96 Å². The van der Waals surface area contributed by atoms with Gasteiger partial charge in [-0.15, -0.1) is 0 Å². The smallest absolute Gasteiger partial charge is 0.188 e. The summed E-state index contributed by atoms with van der Waals surface area (Å²) < 4.78 is 13.5. The van der Waals surface area contributed by atoms with Gasteiger partial charge in [0.15, 0.2) is 5.96 Å². The number of likely N-dealkylation sites (N-methyl/N-ethyl adjacent to an activating group) is 2. The summed E-state index contributed by atoms with van der Waals surface area (Å²) in [5.41, 5.74) is 6.93. The molecule has 134 valence electrons. The fourth-order valence-corrected chi connectivity index (χ4v) is 3.29. The zero-order valence-electron chi connectivity index (χ0n) is 15.0. The highest BCUT2D eigenvalue weighted by atomic mass is 19.1. The van der Waals surface area contributed by atoms with Gasteiger partial charge in [0.25, 0.3) is 0 Å². The van der Waals surface area contributed by atoms with Crippen molar-refractivity contribution in [3.05, 3.63) is 35.6 Å². The number of nitrogens with one attached hydrogen (secondary N) is 1. The van der Waals surface area contributed by atoms with Crippen LogP contribution in [-0.2, 0) is 0 Å². The van der Waals surface area contributed by atoms with Crippen LogP contribution in [-0.4, -0.2) is 62.1 Å². The lowest BCUT2D eigenvalue weighted by Gasteiger charge is -2.24. The summed E-state index contributed by atoms with van der Waals surface area (Å²) in [7, 11) is 3.93. The van der Waals surface area contributed by atoms with Crippen LogP contribution >= 0.6 is 0 Å². The van der Waals surface area contributed by atoms with Crippen LogP contribution in [0.15, 0.2) is 29.3 Å². The molecule has 1 aromatic rings. The highest BCUT2D eigenvalue weighted by molar-refractivity contribution is 5.77. The summed E-state index contributed by atoms with van der Waals surface area (Å²) in [6, 6.07) is 7.20. The van der Waals surface area contributed by atoms with Crippen molar-refractivity contribution in [2.75, 3.05) is 40.3 Å². The van der Waals surface area contributed by atoms with Gasteiger partial charge in [-0.2, -0.15) is 0 Å². The molecule has 1 aliphatic rings. The summed E-state index contributed by atoms with van der Waals surface area (Å²) in [6.07, 6.45) is 2.46. The lowest BCUT2D eigenvalue weighted by molar-refractivity contribution is 0.267. The zero-order valence-corrected chi connectivity index (χ0v) is 15.0. The molecular formula is C18H30FN5. The Morgan fingerprint density at radius 2 is 2.29 bits per heavy atom. The molecule has 1 saturated heterocycles. The molecule has 2 unspecified atom stereocenters. The summed E-state index contributed by atoms with van der Waals surface area (Å²) in [5.74, 6) is 0.233. The van der Waals surface area contributed by atoms with Crippen LogP contribution in [0.5, 0.6) is 0 Å². The molecule has 24 heavy (non-hydrogen) atoms. The van der Waals surface area contributed by atoms with Crippen molar-refractivity contribution < 1.29 is 4.39 Å². The minimum absolute atomic E-state index is 0.000305. The van der Waals surface area contributed by atoms with E-state index in [4.69, 9.17) is 5.73 Å². The van der Waals surface area contributed by atoms with Crippen molar-refractivity contribution in [2.45, 2.75) is 31.8 Å². The van der Waals surface area contributed by atoms with Crippen molar-refractivity contribution in [1.82, 2.24) is 15.1 Å². The van der Waals surface area contributed by atoms with Crippen LogP contribution in [0.1, 0.15) is 31.4 Å². The van der Waals surface area contributed by atoms with Gasteiger partial charge in [-0.3, -0.25) is 9.89 Å². The number of aliphatic imine (C=N–C) groups is 1. The van der Waals surface area contributed by atoms with Gasteiger partial charge in [-0.1, -0.05) is 19.1 Å². The van der Waals surface area contributed by atoms with E-state index < -0.39 is 0 Å². The average Bonchev–Trinajstić information content (AvgIpc) is 3.00. The predicted octanol–water partition coefficient (Wildman–Crippen LogP) is 1.82. The third-order valence-electron chi connectivity index (χ3n) is 4.72. The number of guanidine groups is 1. The maximum atomic E-state index is 13.5. The molecule has 0 saturated carbocycles. The van der Waals surface area contributed by atoms with E-state index >= 15 is 0 Å². The second kappa shape index (κ2) is 8.99. The molecule has 2 atom stereocenters. The van der Waals surface area contributed by atoms with Crippen LogP contribution in [0.3, 0.4) is 0 Å². The monoisotopic (exact) mass is 335 g/mol. The first-order chi connectivity index (χ1) is 11.5. The van der Waals surface area contributed by atoms with Gasteiger partial charge in [0, 0.05) is 12.6 Å². The Labute approximate surface area is 144 Å². The molecule has 0 amide bonds. The van der Waals surface area contributed by atoms with Gasteiger partial charge in [-0.25, -0.2) is 4.39 Å². The Bertz CT molecular complexity index is 546. The van der Waals surface area contributed by atoms with Crippen LogP contribution in [0.4, 0.5) is 4.39 Å². The Morgan fingerprint density at radius 3 is 2.96 bits per heavy atom. The highest BCUT2D eigenvalue weighted by Gasteiger charge is 2.22. The number of nitrogens with two attached hydrogens (primary N) is 1. The molecule has 0 aromatic heterocycles. The predicted molar refractivity (Wildman–Crippen MR) is 97.6 cm³/mol. The largest absolute Gasteiger partial charge is 0.370 e. The summed E-state index contributed by atoms with van der Waals surface area (Å²) in [4.78, 5) is 8.96. The Morgan fingerprint density at radius 1 is 1.50 bits per heavy atom. The molecule has 1 heterocycles. The summed E-state index contributed by atoms with van der Waals surface area (Å²) in [5, 5.41) is 3.24. The number of hydrogen-bond donors (Lipinski definition) is 2. The number of nitrogens with zero attached hydrogens (tertiary/aromatic N) is 3. The van der Waals surface area contributed by atoms with E-state index in [9.17, 15) is 4.39 Å². The van der Waals surface area contributed by atoms with E-state index in [1.807, 2.05) is 25.1 Å². The molecule has 3 N–H and O–H groups in total. The first-order valence-electron chi connectivity index (χ1n) is 8.71. The second-order valence-electron chi connectivity index (χ2n) is 6.57. The molecule has 5 nitrogen and oxygen atoms in total. The van der Waals surface area contributed by atoms with Gasteiger partial charge < -0.3 is 16.0 Å². The van der Waals surface area contributed by atoms with E-state index in [0.717, 1.165) is 18.7 Å². The fourth-order valence-electron chi connectivity index (χ4n) is 3.29. The maximum Gasteiger partial charge on any atom is 0.188 e. The minimum atomic E-state index is -0.227. The topological polar surface area (TPSA) is 56.9 Å². The van der Waals surface area contributed by atoms with Gasteiger partial charge in [-0.05, 0) is 57.7 Å². The first-order valence-corrected chi connectivity index (χ1v) is 8.71. The zero-order chi connectivity index (χ0) is 17.5. The second-order valence-corrected chi connectivity index (χ2v) is 6.57. The molecule has 0 radical (unpaired) electrons. The lowest BCUT2D eigenvalue weighted by atomic mass is 10.1. The van der Waals surface area contributed by atoms with Crippen LogP contribution in [0, 0.1) is 5.82 Å². The Kier molecular flexibility index (Phi) is 6.99. The number of likely N-dealkylation sites (tertiary alicyclic amines) is 1. The van der Waals surface area contributed by atoms with E-state index in [1.165, 1.54) is 25.5 Å². The maximum absolute atomic E-state index is 13.5. The van der Waals surface area contributed by atoms with Crippen LogP contribution < -0.4 is 11.1 Å². The molecule has 1 aromatic carbocycles. The Balaban J connectivity index is 1.91. The Hall–Kier alpha value is -1.66. The lowest BCUT2D eigenvalue weighted by Crippen LogP contribution is -2.43. The normalized spacial score (nSPS) is 20.5. The van der Waals surface area contributed by atoms with E-state index in [-0.39, 0.29) is 11.9 Å². The van der Waals surface area contributed by atoms with Crippen molar-refractivity contribution in [1.29, 1.82) is 0 Å². The number of halogens is 1. The van der Waals surface area contributed by atoms with E-state index in [2.05, 4.69) is 22.1 Å².